The van der Waals surface area contributed by atoms with Gasteiger partial charge in [-0.25, -0.2) is 0 Å². The van der Waals surface area contributed by atoms with E-state index in [0.717, 1.165) is 38.3 Å². The number of carbonyl (C=O) groups is 1. The zero-order valence-electron chi connectivity index (χ0n) is 17.3. The lowest BCUT2D eigenvalue weighted by Gasteiger charge is -2.34. The predicted molar refractivity (Wildman–Crippen MR) is 122 cm³/mol. The summed E-state index contributed by atoms with van der Waals surface area (Å²) < 4.78 is 5.30. The number of hydrogen-bond donors (Lipinski definition) is 0. The summed E-state index contributed by atoms with van der Waals surface area (Å²) in [6, 6.07) is 17.5. The second-order valence-corrected chi connectivity index (χ2v) is 7.95. The Hall–Kier alpha value is -2.96. The van der Waals surface area contributed by atoms with Gasteiger partial charge in [0.1, 0.15) is 0 Å². The van der Waals surface area contributed by atoms with E-state index in [1.807, 2.05) is 35.2 Å². The van der Waals surface area contributed by atoms with Crippen LogP contribution in [-0.2, 0) is 11.2 Å². The molecular formula is C24H25ClN4O2. The molecule has 1 fully saturated rings. The molecule has 160 valence electrons. The molecule has 0 radical (unpaired) electrons. The summed E-state index contributed by atoms with van der Waals surface area (Å²) in [5.74, 6) is 1.12. The maximum Gasteiger partial charge on any atom is 0.227 e. The number of rotatable bonds is 7. The standard InChI is InChI=1S/C24H25ClN4O2/c25-21-10-8-20(9-11-21)24-26-22(31-27-24)12-13-23(30)29-17-15-28(16-18-29)14-4-7-19-5-2-1-3-6-19/h1-11H,12-18H2/b7-4+. The number of hydrogen-bond acceptors (Lipinski definition) is 5. The maximum atomic E-state index is 12.6. The third-order valence-electron chi connectivity index (χ3n) is 5.32. The molecule has 1 saturated heterocycles. The van der Waals surface area contributed by atoms with Gasteiger partial charge in [0.05, 0.1) is 0 Å². The minimum absolute atomic E-state index is 0.130. The van der Waals surface area contributed by atoms with Crippen molar-refractivity contribution in [3.8, 4) is 11.4 Å². The van der Waals surface area contributed by atoms with Crippen LogP contribution >= 0.6 is 11.6 Å². The molecule has 0 unspecified atom stereocenters. The molecule has 2 aromatic carbocycles. The Morgan fingerprint density at radius 2 is 1.77 bits per heavy atom. The lowest BCUT2D eigenvalue weighted by Crippen LogP contribution is -2.48. The second kappa shape index (κ2) is 10.4. The van der Waals surface area contributed by atoms with Crippen LogP contribution in [0.25, 0.3) is 17.5 Å². The van der Waals surface area contributed by atoms with Gasteiger partial charge in [0.15, 0.2) is 0 Å². The third kappa shape index (κ3) is 6.03. The molecular weight excluding hydrogens is 412 g/mol. The van der Waals surface area contributed by atoms with E-state index < -0.39 is 0 Å². The van der Waals surface area contributed by atoms with Gasteiger partial charge in [0.25, 0.3) is 0 Å². The van der Waals surface area contributed by atoms with Crippen LogP contribution in [0.5, 0.6) is 0 Å². The largest absolute Gasteiger partial charge is 0.340 e. The molecule has 6 nitrogen and oxygen atoms in total. The Labute approximate surface area is 187 Å². The van der Waals surface area contributed by atoms with Crippen LogP contribution in [0.3, 0.4) is 0 Å². The summed E-state index contributed by atoms with van der Waals surface area (Å²) in [4.78, 5) is 21.3. The minimum Gasteiger partial charge on any atom is -0.340 e. The monoisotopic (exact) mass is 436 g/mol. The highest BCUT2D eigenvalue weighted by Gasteiger charge is 2.21. The SMILES string of the molecule is O=C(CCc1nc(-c2ccc(Cl)cc2)no1)N1CCN(C/C=C/c2ccccc2)CC1. The number of nitrogens with zero attached hydrogens (tertiary/aromatic N) is 4. The molecule has 0 N–H and O–H groups in total. The average molecular weight is 437 g/mol. The summed E-state index contributed by atoms with van der Waals surface area (Å²) in [6.07, 6.45) is 5.14. The predicted octanol–water partition coefficient (Wildman–Crippen LogP) is 4.18. The number of aryl methyl sites for hydroxylation is 1. The molecule has 1 aliphatic heterocycles. The Morgan fingerprint density at radius 1 is 1.03 bits per heavy atom. The first-order valence-electron chi connectivity index (χ1n) is 10.5. The van der Waals surface area contributed by atoms with Gasteiger partial charge in [-0.3, -0.25) is 9.69 Å². The molecule has 0 bridgehead atoms. The van der Waals surface area contributed by atoms with Crippen molar-refractivity contribution in [2.24, 2.45) is 0 Å². The topological polar surface area (TPSA) is 62.5 Å². The van der Waals surface area contributed by atoms with E-state index >= 15 is 0 Å². The Balaban J connectivity index is 1.20. The van der Waals surface area contributed by atoms with Gasteiger partial charge >= 0.3 is 0 Å². The van der Waals surface area contributed by atoms with Crippen molar-refractivity contribution < 1.29 is 9.32 Å². The second-order valence-electron chi connectivity index (χ2n) is 7.51. The van der Waals surface area contributed by atoms with Crippen molar-refractivity contribution >= 4 is 23.6 Å². The average Bonchev–Trinajstić information content (AvgIpc) is 3.28. The lowest BCUT2D eigenvalue weighted by atomic mass is 10.2. The van der Waals surface area contributed by atoms with Crippen molar-refractivity contribution in [3.05, 3.63) is 77.2 Å². The lowest BCUT2D eigenvalue weighted by molar-refractivity contribution is -0.132. The van der Waals surface area contributed by atoms with Gasteiger partial charge in [-0.05, 0) is 29.8 Å². The molecule has 0 atom stereocenters. The molecule has 1 aliphatic rings. The zero-order chi connectivity index (χ0) is 21.5. The van der Waals surface area contributed by atoms with Crippen LogP contribution < -0.4 is 0 Å². The molecule has 0 aliphatic carbocycles. The summed E-state index contributed by atoms with van der Waals surface area (Å²) in [6.45, 7) is 4.15. The van der Waals surface area contributed by atoms with Crippen molar-refractivity contribution in [2.75, 3.05) is 32.7 Å². The van der Waals surface area contributed by atoms with Gasteiger partial charge in [-0.2, -0.15) is 4.98 Å². The van der Waals surface area contributed by atoms with Crippen LogP contribution in [0.1, 0.15) is 17.9 Å². The van der Waals surface area contributed by atoms with Gasteiger partial charge in [-0.15, -0.1) is 0 Å². The molecule has 31 heavy (non-hydrogen) atoms. The maximum absolute atomic E-state index is 12.6. The van der Waals surface area contributed by atoms with Crippen molar-refractivity contribution in [3.63, 3.8) is 0 Å². The number of aromatic nitrogens is 2. The zero-order valence-corrected chi connectivity index (χ0v) is 18.0. The van der Waals surface area contributed by atoms with Crippen LogP contribution in [0.2, 0.25) is 5.02 Å². The van der Waals surface area contributed by atoms with E-state index in [1.165, 1.54) is 5.56 Å². The van der Waals surface area contributed by atoms with E-state index in [1.54, 1.807) is 12.1 Å². The number of amides is 1. The van der Waals surface area contributed by atoms with Crippen molar-refractivity contribution in [2.45, 2.75) is 12.8 Å². The Bertz CT molecular complexity index is 1010. The first-order chi connectivity index (χ1) is 15.2. The summed E-state index contributed by atoms with van der Waals surface area (Å²) in [7, 11) is 0. The van der Waals surface area contributed by atoms with E-state index in [0.29, 0.717) is 29.6 Å². The molecule has 7 heteroatoms. The van der Waals surface area contributed by atoms with E-state index in [4.69, 9.17) is 16.1 Å². The highest BCUT2D eigenvalue weighted by Crippen LogP contribution is 2.19. The van der Waals surface area contributed by atoms with E-state index in [9.17, 15) is 4.79 Å². The molecule has 4 rings (SSSR count). The van der Waals surface area contributed by atoms with Crippen LogP contribution in [-0.4, -0.2) is 58.6 Å². The number of halogens is 1. The van der Waals surface area contributed by atoms with E-state index in [-0.39, 0.29) is 5.91 Å². The smallest absolute Gasteiger partial charge is 0.227 e. The first kappa shape index (κ1) is 21.3. The van der Waals surface area contributed by atoms with E-state index in [2.05, 4.69) is 39.3 Å². The fourth-order valence-corrected chi connectivity index (χ4v) is 3.65. The van der Waals surface area contributed by atoms with Crippen LogP contribution in [0, 0.1) is 0 Å². The fraction of sp³-hybridized carbons (Fsp3) is 0.292. The Morgan fingerprint density at radius 3 is 2.52 bits per heavy atom. The molecule has 1 amide bonds. The fourth-order valence-electron chi connectivity index (χ4n) is 3.53. The summed E-state index contributed by atoms with van der Waals surface area (Å²) in [5, 5.41) is 4.66. The van der Waals surface area contributed by atoms with Gasteiger partial charge in [0, 0.05) is 56.2 Å². The van der Waals surface area contributed by atoms with Crippen molar-refractivity contribution in [1.82, 2.24) is 19.9 Å². The normalized spacial score (nSPS) is 14.9. The van der Waals surface area contributed by atoms with Gasteiger partial charge in [0.2, 0.25) is 17.6 Å². The van der Waals surface area contributed by atoms with Crippen LogP contribution in [0.4, 0.5) is 0 Å². The van der Waals surface area contributed by atoms with Gasteiger partial charge in [-0.1, -0.05) is 59.2 Å². The highest BCUT2D eigenvalue weighted by molar-refractivity contribution is 6.30. The van der Waals surface area contributed by atoms with Crippen molar-refractivity contribution in [1.29, 1.82) is 0 Å². The van der Waals surface area contributed by atoms with Gasteiger partial charge < -0.3 is 9.42 Å². The third-order valence-corrected chi connectivity index (χ3v) is 5.57. The highest BCUT2D eigenvalue weighted by atomic mass is 35.5. The summed E-state index contributed by atoms with van der Waals surface area (Å²) in [5.41, 5.74) is 2.04. The first-order valence-corrected chi connectivity index (χ1v) is 10.9. The number of piperazine rings is 1. The minimum atomic E-state index is 0.130. The number of carbonyl (C=O) groups excluding carboxylic acids is 1. The Kier molecular flexibility index (Phi) is 7.12. The molecule has 2 heterocycles. The molecule has 0 saturated carbocycles. The number of benzene rings is 2. The summed E-state index contributed by atoms with van der Waals surface area (Å²) >= 11 is 5.91. The molecule has 0 spiro atoms. The van der Waals surface area contributed by atoms with Crippen LogP contribution in [0.15, 0.2) is 65.2 Å². The quantitative estimate of drug-likeness (QED) is 0.556. The molecule has 1 aromatic heterocycles. The molecule has 3 aromatic rings.